The van der Waals surface area contributed by atoms with E-state index in [0.29, 0.717) is 17.8 Å². The number of piperidine rings is 1. The lowest BCUT2D eigenvalue weighted by Crippen LogP contribution is -2.48. The number of hydrogen-bond acceptors (Lipinski definition) is 6. The zero-order valence-corrected chi connectivity index (χ0v) is 16.7. The number of carbonyl (C=O) groups is 1. The molecule has 2 aromatic rings. The molecule has 1 N–H and O–H groups in total. The van der Waals surface area contributed by atoms with Gasteiger partial charge in [-0.1, -0.05) is 11.6 Å². The number of nitro groups is 1. The van der Waals surface area contributed by atoms with Gasteiger partial charge >= 0.3 is 0 Å². The van der Waals surface area contributed by atoms with Crippen LogP contribution in [0.3, 0.4) is 0 Å². The number of nitrogens with zero attached hydrogens (tertiary/aromatic N) is 2. The van der Waals surface area contributed by atoms with Crippen molar-refractivity contribution >= 4 is 23.2 Å². The van der Waals surface area contributed by atoms with Crippen LogP contribution in [0.2, 0.25) is 5.02 Å². The van der Waals surface area contributed by atoms with Gasteiger partial charge in [-0.2, -0.15) is 0 Å². The van der Waals surface area contributed by atoms with Crippen LogP contribution in [0.4, 0.5) is 5.69 Å². The summed E-state index contributed by atoms with van der Waals surface area (Å²) < 4.78 is 11.1. The van der Waals surface area contributed by atoms with Gasteiger partial charge in [-0.25, -0.2) is 0 Å². The number of furan rings is 1. The number of non-ortho nitro benzene ring substituents is 1. The van der Waals surface area contributed by atoms with E-state index in [4.69, 9.17) is 20.8 Å². The Labute approximate surface area is 172 Å². The Morgan fingerprint density at radius 2 is 2.03 bits per heavy atom. The molecule has 4 rings (SSSR count). The van der Waals surface area contributed by atoms with Gasteiger partial charge in [0.2, 0.25) is 0 Å². The van der Waals surface area contributed by atoms with Gasteiger partial charge in [0.15, 0.2) is 5.76 Å². The number of benzene rings is 1. The molecule has 0 spiro atoms. The van der Waals surface area contributed by atoms with Gasteiger partial charge in [-0.15, -0.1) is 0 Å². The zero-order valence-electron chi connectivity index (χ0n) is 16.0. The molecule has 9 heteroatoms. The van der Waals surface area contributed by atoms with Crippen molar-refractivity contribution in [1.82, 2.24) is 10.2 Å². The van der Waals surface area contributed by atoms with Crippen molar-refractivity contribution in [2.45, 2.75) is 50.4 Å². The van der Waals surface area contributed by atoms with Crippen LogP contribution in [0.25, 0.3) is 0 Å². The Hall–Kier alpha value is -2.58. The Morgan fingerprint density at radius 1 is 1.31 bits per heavy atom. The van der Waals surface area contributed by atoms with Crippen LogP contribution in [0, 0.1) is 10.1 Å². The lowest BCUT2D eigenvalue weighted by Gasteiger charge is -2.36. The summed E-state index contributed by atoms with van der Waals surface area (Å²) in [4.78, 5) is 25.3. The standard InChI is InChI=1S/C20H22ClN3O5/c1-23-13-2-3-14(23)9-12(8-13)22-20(25)18-7-5-16(29-18)11-28-19-10-15(24(26)27)4-6-17(19)21/h4-7,10,12-14H,2-3,8-9,11H2,1H3,(H,22,25). The van der Waals surface area contributed by atoms with E-state index < -0.39 is 4.92 Å². The predicted molar refractivity (Wildman–Crippen MR) is 106 cm³/mol. The molecule has 2 bridgehead atoms. The fraction of sp³-hybridized carbons (Fsp3) is 0.450. The van der Waals surface area contributed by atoms with Crippen LogP contribution in [-0.2, 0) is 6.61 Å². The Kier molecular flexibility index (Phi) is 5.47. The molecule has 1 aromatic carbocycles. The molecule has 2 fully saturated rings. The number of ether oxygens (including phenoxy) is 1. The molecule has 2 atom stereocenters. The van der Waals surface area contributed by atoms with Crippen molar-refractivity contribution in [2.24, 2.45) is 0 Å². The molecule has 1 aromatic heterocycles. The van der Waals surface area contributed by atoms with Gasteiger partial charge in [0.25, 0.3) is 11.6 Å². The molecule has 2 unspecified atom stereocenters. The van der Waals surface area contributed by atoms with Crippen molar-refractivity contribution in [3.8, 4) is 5.75 Å². The second-order valence-electron chi connectivity index (χ2n) is 7.62. The minimum absolute atomic E-state index is 0.00649. The largest absolute Gasteiger partial charge is 0.484 e. The van der Waals surface area contributed by atoms with Crippen LogP contribution in [0.15, 0.2) is 34.7 Å². The average Bonchev–Trinajstić information content (AvgIpc) is 3.23. The van der Waals surface area contributed by atoms with Gasteiger partial charge < -0.3 is 19.4 Å². The molecular weight excluding hydrogens is 398 g/mol. The fourth-order valence-electron chi connectivity index (χ4n) is 4.23. The van der Waals surface area contributed by atoms with E-state index in [9.17, 15) is 14.9 Å². The Balaban J connectivity index is 1.34. The van der Waals surface area contributed by atoms with Crippen LogP contribution in [-0.4, -0.2) is 40.9 Å². The highest BCUT2D eigenvalue weighted by atomic mass is 35.5. The van der Waals surface area contributed by atoms with E-state index >= 15 is 0 Å². The summed E-state index contributed by atoms with van der Waals surface area (Å²) in [5.41, 5.74) is -0.115. The first-order valence-electron chi connectivity index (χ1n) is 9.59. The number of halogens is 1. The maximum Gasteiger partial charge on any atom is 0.287 e. The highest BCUT2D eigenvalue weighted by molar-refractivity contribution is 6.32. The topological polar surface area (TPSA) is 97.9 Å². The smallest absolute Gasteiger partial charge is 0.287 e. The van der Waals surface area contributed by atoms with Gasteiger partial charge in [0.1, 0.15) is 18.1 Å². The first-order valence-corrected chi connectivity index (χ1v) is 9.96. The molecular formula is C20H22ClN3O5. The molecule has 154 valence electrons. The second-order valence-corrected chi connectivity index (χ2v) is 8.03. The summed E-state index contributed by atoms with van der Waals surface area (Å²) in [5.74, 6) is 0.602. The van der Waals surface area contributed by atoms with Gasteiger partial charge in [0, 0.05) is 24.2 Å². The average molecular weight is 420 g/mol. The molecule has 2 aliphatic heterocycles. The molecule has 0 radical (unpaired) electrons. The number of hydrogen-bond donors (Lipinski definition) is 1. The van der Waals surface area contributed by atoms with E-state index in [0.717, 1.165) is 12.8 Å². The molecule has 8 nitrogen and oxygen atoms in total. The van der Waals surface area contributed by atoms with Gasteiger partial charge in [-0.3, -0.25) is 14.9 Å². The monoisotopic (exact) mass is 419 g/mol. The third-order valence-corrected chi connectivity index (χ3v) is 6.13. The number of nitro benzene ring substituents is 1. The van der Waals surface area contributed by atoms with E-state index in [1.807, 2.05) is 0 Å². The summed E-state index contributed by atoms with van der Waals surface area (Å²) in [7, 11) is 2.16. The van der Waals surface area contributed by atoms with E-state index in [1.165, 1.54) is 31.0 Å². The van der Waals surface area contributed by atoms with Crippen LogP contribution in [0.5, 0.6) is 5.75 Å². The van der Waals surface area contributed by atoms with Crippen molar-refractivity contribution in [2.75, 3.05) is 7.05 Å². The number of fused-ring (bicyclic) bond motifs is 2. The van der Waals surface area contributed by atoms with E-state index in [1.54, 1.807) is 12.1 Å². The molecule has 0 saturated carbocycles. The molecule has 0 aliphatic carbocycles. The number of nitrogens with one attached hydrogen (secondary N) is 1. The summed E-state index contributed by atoms with van der Waals surface area (Å²) in [6.45, 7) is 0.00649. The highest BCUT2D eigenvalue weighted by Gasteiger charge is 2.39. The van der Waals surface area contributed by atoms with Crippen molar-refractivity contribution in [1.29, 1.82) is 0 Å². The summed E-state index contributed by atoms with van der Waals surface area (Å²) in [6, 6.07) is 8.46. The van der Waals surface area contributed by atoms with Gasteiger partial charge in [0.05, 0.1) is 16.0 Å². The van der Waals surface area contributed by atoms with Crippen LogP contribution >= 0.6 is 11.6 Å². The van der Waals surface area contributed by atoms with Crippen LogP contribution < -0.4 is 10.1 Å². The number of rotatable bonds is 6. The predicted octanol–water partition coefficient (Wildman–Crippen LogP) is 3.78. The molecule has 3 heterocycles. The van der Waals surface area contributed by atoms with Crippen molar-refractivity contribution in [3.05, 3.63) is 57.0 Å². The third-order valence-electron chi connectivity index (χ3n) is 5.81. The first kappa shape index (κ1) is 19.7. The Bertz CT molecular complexity index is 917. The minimum Gasteiger partial charge on any atom is -0.484 e. The summed E-state index contributed by atoms with van der Waals surface area (Å²) in [5, 5.41) is 14.2. The highest BCUT2D eigenvalue weighted by Crippen LogP contribution is 2.34. The van der Waals surface area contributed by atoms with Gasteiger partial charge in [-0.05, 0) is 50.9 Å². The number of amides is 1. The molecule has 29 heavy (non-hydrogen) atoms. The maximum absolute atomic E-state index is 12.5. The molecule has 1 amide bonds. The first-order chi connectivity index (χ1) is 13.9. The lowest BCUT2D eigenvalue weighted by molar-refractivity contribution is -0.384. The Morgan fingerprint density at radius 3 is 2.72 bits per heavy atom. The van der Waals surface area contributed by atoms with Crippen molar-refractivity contribution < 1.29 is 18.9 Å². The fourth-order valence-corrected chi connectivity index (χ4v) is 4.40. The maximum atomic E-state index is 12.5. The second kappa shape index (κ2) is 8.04. The minimum atomic E-state index is -0.520. The summed E-state index contributed by atoms with van der Waals surface area (Å²) >= 11 is 6.02. The lowest BCUT2D eigenvalue weighted by atomic mass is 9.98. The SMILES string of the molecule is CN1C2CCC1CC(NC(=O)c1ccc(COc3cc([N+](=O)[O-])ccc3Cl)o1)C2. The van der Waals surface area contributed by atoms with E-state index in [2.05, 4.69) is 17.3 Å². The normalized spacial score (nSPS) is 23.7. The van der Waals surface area contributed by atoms with E-state index in [-0.39, 0.29) is 40.8 Å². The molecule has 2 saturated heterocycles. The third kappa shape index (κ3) is 4.23. The number of carbonyl (C=O) groups excluding carboxylic acids is 1. The summed E-state index contributed by atoms with van der Waals surface area (Å²) in [6.07, 6.45) is 4.30. The van der Waals surface area contributed by atoms with Crippen LogP contribution in [0.1, 0.15) is 42.0 Å². The molecule has 2 aliphatic rings. The quantitative estimate of drug-likeness (QED) is 0.565. The van der Waals surface area contributed by atoms with Crippen molar-refractivity contribution in [3.63, 3.8) is 0 Å². The zero-order chi connectivity index (χ0) is 20.5.